The van der Waals surface area contributed by atoms with Gasteiger partial charge in [-0.25, -0.2) is 4.39 Å². The standard InChI is InChI=1S/C24H30FN3/c25-20-7-4-8-21(14-20)28-12-11-19-15-26-22-10-9-18(17-5-2-1-3-6-17)13-23(22)27-24(19)16-28/h4,7-10,13-14,17,19,24,26-27H,1-3,5-6,11-12,15-16H2/t19?,24-/m0/s1. The maximum absolute atomic E-state index is 13.7. The van der Waals surface area contributed by atoms with Crippen LogP contribution in [0.15, 0.2) is 42.5 Å². The number of fused-ring (bicyclic) bond motifs is 2. The molecule has 0 radical (unpaired) electrons. The molecule has 5 rings (SSSR count). The number of halogens is 1. The number of hydrogen-bond acceptors (Lipinski definition) is 3. The second-order valence-corrected chi connectivity index (χ2v) is 8.75. The van der Waals surface area contributed by atoms with E-state index in [-0.39, 0.29) is 5.82 Å². The zero-order valence-electron chi connectivity index (χ0n) is 16.5. The zero-order valence-corrected chi connectivity index (χ0v) is 16.5. The molecular formula is C24H30FN3. The molecule has 148 valence electrons. The van der Waals surface area contributed by atoms with Gasteiger partial charge >= 0.3 is 0 Å². The van der Waals surface area contributed by atoms with Crippen LogP contribution < -0.4 is 15.5 Å². The molecule has 2 fully saturated rings. The van der Waals surface area contributed by atoms with Crippen LogP contribution in [0.3, 0.4) is 0 Å². The molecule has 2 aliphatic heterocycles. The lowest BCUT2D eigenvalue weighted by atomic mass is 9.84. The van der Waals surface area contributed by atoms with Gasteiger partial charge < -0.3 is 15.5 Å². The van der Waals surface area contributed by atoms with E-state index >= 15 is 0 Å². The molecule has 3 aliphatic rings. The van der Waals surface area contributed by atoms with Crippen molar-refractivity contribution < 1.29 is 4.39 Å². The lowest BCUT2D eigenvalue weighted by Gasteiger charge is -2.39. The molecule has 1 unspecified atom stereocenters. The topological polar surface area (TPSA) is 27.3 Å². The minimum absolute atomic E-state index is 0.155. The number of piperidine rings is 1. The highest BCUT2D eigenvalue weighted by Crippen LogP contribution is 2.38. The highest BCUT2D eigenvalue weighted by molar-refractivity contribution is 5.71. The Hall–Kier alpha value is -2.23. The number of nitrogens with one attached hydrogen (secondary N) is 2. The maximum atomic E-state index is 13.7. The Labute approximate surface area is 167 Å². The molecular weight excluding hydrogens is 349 g/mol. The monoisotopic (exact) mass is 379 g/mol. The molecule has 3 nitrogen and oxygen atoms in total. The summed E-state index contributed by atoms with van der Waals surface area (Å²) in [6, 6.07) is 14.4. The SMILES string of the molecule is Fc1cccc(N2CCC3CNc4ccc(C5CCCCC5)cc4N[C@H]3C2)c1. The molecule has 2 N–H and O–H groups in total. The van der Waals surface area contributed by atoms with Gasteiger partial charge in [0, 0.05) is 31.4 Å². The Balaban J connectivity index is 1.36. The van der Waals surface area contributed by atoms with Gasteiger partial charge in [0.25, 0.3) is 0 Å². The average molecular weight is 380 g/mol. The summed E-state index contributed by atoms with van der Waals surface area (Å²) >= 11 is 0. The van der Waals surface area contributed by atoms with Gasteiger partial charge in [0.2, 0.25) is 0 Å². The van der Waals surface area contributed by atoms with E-state index in [1.165, 1.54) is 55.1 Å². The summed E-state index contributed by atoms with van der Waals surface area (Å²) in [7, 11) is 0. The summed E-state index contributed by atoms with van der Waals surface area (Å²) in [5.74, 6) is 1.16. The number of anilines is 3. The average Bonchev–Trinajstić information content (AvgIpc) is 2.92. The first-order valence-corrected chi connectivity index (χ1v) is 10.9. The highest BCUT2D eigenvalue weighted by Gasteiger charge is 2.32. The second kappa shape index (κ2) is 7.65. The molecule has 2 heterocycles. The van der Waals surface area contributed by atoms with E-state index in [9.17, 15) is 4.39 Å². The van der Waals surface area contributed by atoms with Crippen LogP contribution in [-0.2, 0) is 0 Å². The van der Waals surface area contributed by atoms with Crippen molar-refractivity contribution in [3.63, 3.8) is 0 Å². The Morgan fingerprint density at radius 1 is 0.929 bits per heavy atom. The van der Waals surface area contributed by atoms with Crippen molar-refractivity contribution in [2.45, 2.75) is 50.5 Å². The summed E-state index contributed by atoms with van der Waals surface area (Å²) < 4.78 is 13.7. The fourth-order valence-electron chi connectivity index (χ4n) is 5.28. The van der Waals surface area contributed by atoms with E-state index in [1.807, 2.05) is 12.1 Å². The molecule has 1 aliphatic carbocycles. The molecule has 2 aromatic carbocycles. The first kappa shape index (κ1) is 17.8. The van der Waals surface area contributed by atoms with Crippen LogP contribution in [0.2, 0.25) is 0 Å². The summed E-state index contributed by atoms with van der Waals surface area (Å²) in [6.07, 6.45) is 7.88. The normalized spacial score (nSPS) is 25.1. The first-order chi connectivity index (χ1) is 13.8. The molecule has 1 saturated heterocycles. The van der Waals surface area contributed by atoms with Gasteiger partial charge in [-0.2, -0.15) is 0 Å². The van der Waals surface area contributed by atoms with E-state index in [0.29, 0.717) is 12.0 Å². The van der Waals surface area contributed by atoms with Crippen molar-refractivity contribution in [2.24, 2.45) is 5.92 Å². The van der Waals surface area contributed by atoms with Gasteiger partial charge in [-0.3, -0.25) is 0 Å². The lowest BCUT2D eigenvalue weighted by molar-refractivity contribution is 0.389. The maximum Gasteiger partial charge on any atom is 0.125 e. The molecule has 0 aromatic heterocycles. The van der Waals surface area contributed by atoms with Gasteiger partial charge in [0.1, 0.15) is 5.82 Å². The molecule has 1 saturated carbocycles. The Morgan fingerprint density at radius 3 is 2.68 bits per heavy atom. The number of rotatable bonds is 2. The molecule has 4 heteroatoms. The van der Waals surface area contributed by atoms with Crippen LogP contribution in [0.1, 0.15) is 50.0 Å². The van der Waals surface area contributed by atoms with Crippen LogP contribution in [0.5, 0.6) is 0 Å². The molecule has 0 spiro atoms. The molecule has 2 atom stereocenters. The fourth-order valence-corrected chi connectivity index (χ4v) is 5.28. The van der Waals surface area contributed by atoms with Crippen LogP contribution in [0, 0.1) is 11.7 Å². The second-order valence-electron chi connectivity index (χ2n) is 8.75. The van der Waals surface area contributed by atoms with Crippen molar-refractivity contribution >= 4 is 17.1 Å². The Kier molecular flexibility index (Phi) is 4.87. The van der Waals surface area contributed by atoms with Crippen LogP contribution in [0.4, 0.5) is 21.5 Å². The lowest BCUT2D eigenvalue weighted by Crippen LogP contribution is -2.48. The van der Waals surface area contributed by atoms with Crippen molar-refractivity contribution in [3.05, 3.63) is 53.8 Å². The van der Waals surface area contributed by atoms with Crippen LogP contribution >= 0.6 is 0 Å². The van der Waals surface area contributed by atoms with Crippen molar-refractivity contribution in [2.75, 3.05) is 35.2 Å². The van der Waals surface area contributed by atoms with Gasteiger partial charge in [-0.1, -0.05) is 31.4 Å². The van der Waals surface area contributed by atoms with E-state index in [4.69, 9.17) is 0 Å². The summed E-state index contributed by atoms with van der Waals surface area (Å²) in [6.45, 7) is 2.91. The predicted molar refractivity (Wildman–Crippen MR) is 115 cm³/mol. The highest BCUT2D eigenvalue weighted by atomic mass is 19.1. The molecule has 28 heavy (non-hydrogen) atoms. The van der Waals surface area contributed by atoms with Crippen molar-refractivity contribution in [1.29, 1.82) is 0 Å². The van der Waals surface area contributed by atoms with Crippen LogP contribution in [-0.4, -0.2) is 25.7 Å². The third-order valence-corrected chi connectivity index (χ3v) is 6.95. The number of nitrogens with zero attached hydrogens (tertiary/aromatic N) is 1. The summed E-state index contributed by atoms with van der Waals surface area (Å²) in [5, 5.41) is 7.53. The van der Waals surface area contributed by atoms with Gasteiger partial charge in [-0.05, 0) is 67.0 Å². The zero-order chi connectivity index (χ0) is 18.9. The largest absolute Gasteiger partial charge is 0.383 e. The molecule has 2 aromatic rings. The third kappa shape index (κ3) is 3.57. The Bertz CT molecular complexity index is 830. The smallest absolute Gasteiger partial charge is 0.125 e. The Morgan fingerprint density at radius 2 is 1.82 bits per heavy atom. The minimum Gasteiger partial charge on any atom is -0.383 e. The summed E-state index contributed by atoms with van der Waals surface area (Å²) in [5.41, 5.74) is 4.96. The number of hydrogen-bond donors (Lipinski definition) is 2. The van der Waals surface area contributed by atoms with Crippen molar-refractivity contribution in [1.82, 2.24) is 0 Å². The van der Waals surface area contributed by atoms with E-state index < -0.39 is 0 Å². The fraction of sp³-hybridized carbons (Fsp3) is 0.500. The van der Waals surface area contributed by atoms with Crippen LogP contribution in [0.25, 0.3) is 0 Å². The molecule has 0 amide bonds. The predicted octanol–water partition coefficient (Wildman–Crippen LogP) is 5.61. The van der Waals surface area contributed by atoms with Gasteiger partial charge in [0.15, 0.2) is 0 Å². The third-order valence-electron chi connectivity index (χ3n) is 6.95. The summed E-state index contributed by atoms with van der Waals surface area (Å²) in [4.78, 5) is 2.33. The van der Waals surface area contributed by atoms with E-state index in [1.54, 1.807) is 6.07 Å². The quantitative estimate of drug-likeness (QED) is 0.710. The van der Waals surface area contributed by atoms with E-state index in [0.717, 1.165) is 37.7 Å². The van der Waals surface area contributed by atoms with Gasteiger partial charge in [-0.15, -0.1) is 0 Å². The van der Waals surface area contributed by atoms with Gasteiger partial charge in [0.05, 0.1) is 11.4 Å². The molecule has 0 bridgehead atoms. The van der Waals surface area contributed by atoms with E-state index in [2.05, 4.69) is 33.7 Å². The minimum atomic E-state index is -0.155. The number of benzene rings is 2. The van der Waals surface area contributed by atoms with Crippen molar-refractivity contribution in [3.8, 4) is 0 Å². The first-order valence-electron chi connectivity index (χ1n) is 10.9.